The Hall–Kier alpha value is -1.91. The van der Waals surface area contributed by atoms with E-state index >= 15 is 0 Å². The number of benzene rings is 1. The van der Waals surface area contributed by atoms with Gasteiger partial charge in [-0.25, -0.2) is 0 Å². The minimum Gasteiger partial charge on any atom is -0.508 e. The number of nitrogens with one attached hydrogen (secondary N) is 1. The molecule has 1 aromatic carbocycles. The van der Waals surface area contributed by atoms with Crippen LogP contribution >= 0.6 is 0 Å². The number of aliphatic hydroxyl groups excluding tert-OH is 8. The lowest BCUT2D eigenvalue weighted by Gasteiger charge is -2.42. The first-order valence-electron chi connectivity index (χ1n) is 9.77. The standard InChI is InChI=1S/C19H29NO12/c21-6-10(24)17(32-19-16(29)13(26)12(25)11(7-22)31-19)14(27)15(28)18(30)20-5-8-1-3-9(23)4-2-8/h1-4,10-17,19,21-29H,5-7H2,(H,20,30)/t10-,11-,12+,13+,14-,15-,16-,17-,19+/m1/s1. The third kappa shape index (κ3) is 6.32. The molecule has 1 heterocycles. The lowest BCUT2D eigenvalue weighted by Crippen LogP contribution is -2.62. The molecule has 1 aromatic rings. The van der Waals surface area contributed by atoms with E-state index in [0.29, 0.717) is 5.56 Å². The molecule has 0 unspecified atom stereocenters. The highest BCUT2D eigenvalue weighted by Crippen LogP contribution is 2.25. The molecule has 10 N–H and O–H groups in total. The topological polar surface area (TPSA) is 230 Å². The zero-order valence-corrected chi connectivity index (χ0v) is 16.9. The van der Waals surface area contributed by atoms with Crippen LogP contribution in [0.25, 0.3) is 0 Å². The molecule has 1 aliphatic heterocycles. The largest absolute Gasteiger partial charge is 0.508 e. The zero-order chi connectivity index (χ0) is 24.0. The molecule has 0 spiro atoms. The molecular weight excluding hydrogens is 434 g/mol. The summed E-state index contributed by atoms with van der Waals surface area (Å²) in [4.78, 5) is 12.2. The predicted molar refractivity (Wildman–Crippen MR) is 104 cm³/mol. The number of phenols is 1. The van der Waals surface area contributed by atoms with Gasteiger partial charge in [0, 0.05) is 6.54 Å². The third-order valence-corrected chi connectivity index (χ3v) is 5.04. The van der Waals surface area contributed by atoms with E-state index in [2.05, 4.69) is 5.32 Å². The Morgan fingerprint density at radius 2 is 1.66 bits per heavy atom. The molecule has 13 heteroatoms. The van der Waals surface area contributed by atoms with Crippen LogP contribution in [-0.2, 0) is 20.8 Å². The molecule has 0 radical (unpaired) electrons. The normalized spacial score (nSPS) is 29.7. The molecule has 32 heavy (non-hydrogen) atoms. The van der Waals surface area contributed by atoms with Crippen molar-refractivity contribution in [1.82, 2.24) is 5.32 Å². The van der Waals surface area contributed by atoms with Crippen LogP contribution in [0.2, 0.25) is 0 Å². The number of ether oxygens (including phenoxy) is 2. The number of amides is 1. The van der Waals surface area contributed by atoms with Crippen LogP contribution in [0, 0.1) is 0 Å². The van der Waals surface area contributed by atoms with Crippen LogP contribution in [0.3, 0.4) is 0 Å². The molecule has 1 saturated heterocycles. The average Bonchev–Trinajstić information content (AvgIpc) is 2.80. The summed E-state index contributed by atoms with van der Waals surface area (Å²) >= 11 is 0. The molecule has 13 nitrogen and oxygen atoms in total. The fraction of sp³-hybridized carbons (Fsp3) is 0.632. The van der Waals surface area contributed by atoms with Gasteiger partial charge in [-0.2, -0.15) is 0 Å². The number of hydrogen-bond acceptors (Lipinski definition) is 12. The maximum absolute atomic E-state index is 12.2. The molecule has 0 aliphatic carbocycles. The van der Waals surface area contributed by atoms with E-state index in [9.17, 15) is 50.8 Å². The van der Waals surface area contributed by atoms with Crippen LogP contribution in [0.1, 0.15) is 5.56 Å². The Bertz CT molecular complexity index is 717. The Morgan fingerprint density at radius 1 is 1.03 bits per heavy atom. The predicted octanol–water partition coefficient (Wildman–Crippen LogP) is -4.73. The fourth-order valence-electron chi connectivity index (χ4n) is 3.08. The van der Waals surface area contributed by atoms with E-state index in [4.69, 9.17) is 9.47 Å². The third-order valence-electron chi connectivity index (χ3n) is 5.04. The van der Waals surface area contributed by atoms with Gasteiger partial charge in [0.15, 0.2) is 12.4 Å². The summed E-state index contributed by atoms with van der Waals surface area (Å²) in [6.45, 7) is -1.80. The van der Waals surface area contributed by atoms with E-state index < -0.39 is 74.2 Å². The van der Waals surface area contributed by atoms with Crippen LogP contribution in [0.15, 0.2) is 24.3 Å². The number of phenolic OH excluding ortho intramolecular Hbond substituents is 1. The van der Waals surface area contributed by atoms with E-state index in [1.54, 1.807) is 0 Å². The minimum atomic E-state index is -2.15. The van der Waals surface area contributed by atoms with Crippen molar-refractivity contribution in [3.8, 4) is 5.75 Å². The summed E-state index contributed by atoms with van der Waals surface area (Å²) in [6.07, 6.45) is -16.5. The van der Waals surface area contributed by atoms with Crippen molar-refractivity contribution in [2.45, 2.75) is 61.7 Å². The second kappa shape index (κ2) is 11.8. The van der Waals surface area contributed by atoms with Crippen molar-refractivity contribution in [2.75, 3.05) is 13.2 Å². The van der Waals surface area contributed by atoms with Gasteiger partial charge in [0.25, 0.3) is 5.91 Å². The minimum absolute atomic E-state index is 0.0155. The molecule has 0 saturated carbocycles. The van der Waals surface area contributed by atoms with Crippen molar-refractivity contribution in [3.05, 3.63) is 29.8 Å². The summed E-state index contributed by atoms with van der Waals surface area (Å²) in [7, 11) is 0. The van der Waals surface area contributed by atoms with Gasteiger partial charge >= 0.3 is 0 Å². The zero-order valence-electron chi connectivity index (χ0n) is 16.9. The van der Waals surface area contributed by atoms with Crippen molar-refractivity contribution < 1.29 is 60.2 Å². The SMILES string of the molecule is O=C(NCc1ccc(O)cc1)[C@H](O)[C@@H](O)[C@H](O[C@@H]1O[C@H](CO)[C@H](O)[C@H](O)[C@H]1O)[C@H](O)CO. The van der Waals surface area contributed by atoms with Gasteiger partial charge in [0.2, 0.25) is 0 Å². The molecule has 1 aliphatic rings. The number of carbonyl (C=O) groups is 1. The Morgan fingerprint density at radius 3 is 2.22 bits per heavy atom. The average molecular weight is 463 g/mol. The Labute approximate surface area is 182 Å². The van der Waals surface area contributed by atoms with Gasteiger partial charge in [-0.1, -0.05) is 12.1 Å². The van der Waals surface area contributed by atoms with Crippen molar-refractivity contribution in [1.29, 1.82) is 0 Å². The first-order chi connectivity index (χ1) is 15.1. The van der Waals surface area contributed by atoms with Crippen LogP contribution in [0.4, 0.5) is 0 Å². The fourth-order valence-corrected chi connectivity index (χ4v) is 3.08. The summed E-state index contributed by atoms with van der Waals surface area (Å²) in [5, 5.41) is 90.4. The first-order valence-corrected chi connectivity index (χ1v) is 9.77. The van der Waals surface area contributed by atoms with E-state index in [-0.39, 0.29) is 12.3 Å². The van der Waals surface area contributed by atoms with Gasteiger partial charge < -0.3 is 60.7 Å². The molecular formula is C19H29NO12. The number of carbonyl (C=O) groups excluding carboxylic acids is 1. The maximum atomic E-state index is 12.2. The second-order valence-corrected chi connectivity index (χ2v) is 7.37. The summed E-state index contributed by atoms with van der Waals surface area (Å²) < 4.78 is 10.4. The molecule has 1 amide bonds. The van der Waals surface area contributed by atoms with Gasteiger partial charge in [0.1, 0.15) is 48.5 Å². The first kappa shape index (κ1) is 26.3. The molecule has 2 rings (SSSR count). The lowest BCUT2D eigenvalue weighted by molar-refractivity contribution is -0.326. The highest BCUT2D eigenvalue weighted by molar-refractivity contribution is 5.81. The molecule has 1 fully saturated rings. The van der Waals surface area contributed by atoms with Crippen molar-refractivity contribution in [3.63, 3.8) is 0 Å². The van der Waals surface area contributed by atoms with Crippen LogP contribution in [0.5, 0.6) is 5.75 Å². The van der Waals surface area contributed by atoms with E-state index in [0.717, 1.165) is 0 Å². The van der Waals surface area contributed by atoms with Gasteiger partial charge in [-0.15, -0.1) is 0 Å². The van der Waals surface area contributed by atoms with Gasteiger partial charge in [-0.05, 0) is 17.7 Å². The molecule has 0 bridgehead atoms. The lowest BCUT2D eigenvalue weighted by atomic mass is 9.98. The smallest absolute Gasteiger partial charge is 0.251 e. The van der Waals surface area contributed by atoms with Gasteiger partial charge in [-0.3, -0.25) is 4.79 Å². The monoisotopic (exact) mass is 463 g/mol. The highest BCUT2D eigenvalue weighted by atomic mass is 16.7. The maximum Gasteiger partial charge on any atom is 0.251 e. The van der Waals surface area contributed by atoms with Crippen molar-refractivity contribution in [2.24, 2.45) is 0 Å². The van der Waals surface area contributed by atoms with Crippen LogP contribution in [-0.4, -0.2) is 120 Å². The van der Waals surface area contributed by atoms with Crippen molar-refractivity contribution >= 4 is 5.91 Å². The molecule has 0 aromatic heterocycles. The second-order valence-electron chi connectivity index (χ2n) is 7.37. The Kier molecular flexibility index (Phi) is 9.72. The van der Waals surface area contributed by atoms with Crippen LogP contribution < -0.4 is 5.32 Å². The molecule has 182 valence electrons. The van der Waals surface area contributed by atoms with E-state index in [1.807, 2.05) is 0 Å². The Balaban J connectivity index is 2.06. The summed E-state index contributed by atoms with van der Waals surface area (Å²) in [5.41, 5.74) is 0.572. The van der Waals surface area contributed by atoms with E-state index in [1.165, 1.54) is 24.3 Å². The van der Waals surface area contributed by atoms with Gasteiger partial charge in [0.05, 0.1) is 13.2 Å². The number of aromatic hydroxyl groups is 1. The quantitative estimate of drug-likeness (QED) is 0.158. The summed E-state index contributed by atoms with van der Waals surface area (Å²) in [6, 6.07) is 5.79. The highest BCUT2D eigenvalue weighted by Gasteiger charge is 2.47. The number of rotatable bonds is 10. The number of hydrogen-bond donors (Lipinski definition) is 10. The summed E-state index contributed by atoms with van der Waals surface area (Å²) in [5.74, 6) is -1.04. The molecule has 9 atom stereocenters. The number of aliphatic hydroxyl groups is 8.